The molecule has 0 bridgehead atoms. The molecule has 0 spiro atoms. The van der Waals surface area contributed by atoms with Crippen LogP contribution in [-0.2, 0) is 23.8 Å². The van der Waals surface area contributed by atoms with Crippen LogP contribution >= 0.6 is 0 Å². The van der Waals surface area contributed by atoms with Crippen LogP contribution in [0.5, 0.6) is 0 Å². The Morgan fingerprint density at radius 2 is 1.27 bits per heavy atom. The summed E-state index contributed by atoms with van der Waals surface area (Å²) in [7, 11) is 0. The molecule has 0 radical (unpaired) electrons. The molecule has 1 rings (SSSR count). The van der Waals surface area contributed by atoms with Gasteiger partial charge < -0.3 is 29.5 Å². The van der Waals surface area contributed by atoms with Crippen molar-refractivity contribution in [3.05, 3.63) is 0 Å². The lowest BCUT2D eigenvalue weighted by atomic mass is 9.96. The Kier molecular flexibility index (Phi) is 12.5. The summed E-state index contributed by atoms with van der Waals surface area (Å²) in [6, 6.07) is 0. The fraction of sp³-hybridized carbons (Fsp3) is 0.909. The molecule has 1 fully saturated rings. The monoisotopic (exact) mass is 432 g/mol. The van der Waals surface area contributed by atoms with Crippen LogP contribution in [0.1, 0.15) is 79.1 Å². The highest BCUT2D eigenvalue weighted by molar-refractivity contribution is 5.73. The third-order valence-corrected chi connectivity index (χ3v) is 5.52. The number of esters is 2. The lowest BCUT2D eigenvalue weighted by molar-refractivity contribution is -0.291. The van der Waals surface area contributed by atoms with Crippen molar-refractivity contribution in [2.24, 2.45) is 11.8 Å². The highest BCUT2D eigenvalue weighted by atomic mass is 16.7. The van der Waals surface area contributed by atoms with Gasteiger partial charge in [0.05, 0.1) is 11.8 Å². The minimum Gasteiger partial charge on any atom is -0.463 e. The van der Waals surface area contributed by atoms with E-state index < -0.39 is 36.7 Å². The predicted molar refractivity (Wildman–Crippen MR) is 110 cm³/mol. The van der Waals surface area contributed by atoms with E-state index >= 15 is 0 Å². The Labute approximate surface area is 179 Å². The van der Waals surface area contributed by atoms with E-state index in [-0.39, 0.29) is 24.4 Å². The van der Waals surface area contributed by atoms with Gasteiger partial charge in [-0.1, -0.05) is 53.4 Å². The molecule has 8 heteroatoms. The van der Waals surface area contributed by atoms with E-state index in [1.165, 1.54) is 0 Å². The van der Waals surface area contributed by atoms with Crippen LogP contribution < -0.4 is 0 Å². The van der Waals surface area contributed by atoms with Crippen LogP contribution in [0.4, 0.5) is 0 Å². The first-order valence-corrected chi connectivity index (χ1v) is 11.4. The van der Waals surface area contributed by atoms with Crippen molar-refractivity contribution in [2.75, 3.05) is 6.61 Å². The number of carbonyl (C=O) groups excluding carboxylic acids is 2. The largest absolute Gasteiger partial charge is 0.463 e. The van der Waals surface area contributed by atoms with Gasteiger partial charge in [-0.15, -0.1) is 0 Å². The van der Waals surface area contributed by atoms with Gasteiger partial charge in [0.25, 0.3) is 0 Å². The molecular weight excluding hydrogens is 392 g/mol. The standard InChI is InChI=1S/C22H40O8/c1-5-9-14(10-6-2)20(25)28-13-16-17(23)19(18(24)22(27)29-16)30-21(26)15(11-7-3)12-8-4/h14-19,22-24,27H,5-13H2,1-4H3/t16-,17-,18-,19+,22?/m1/s1. The molecule has 176 valence electrons. The molecule has 1 saturated heterocycles. The minimum absolute atomic E-state index is 0.228. The molecule has 0 aliphatic carbocycles. The second-order valence-electron chi connectivity index (χ2n) is 8.13. The van der Waals surface area contributed by atoms with Crippen molar-refractivity contribution in [1.82, 2.24) is 0 Å². The third kappa shape index (κ3) is 7.80. The van der Waals surface area contributed by atoms with E-state index in [9.17, 15) is 24.9 Å². The second kappa shape index (κ2) is 14.0. The van der Waals surface area contributed by atoms with Crippen LogP contribution in [0.3, 0.4) is 0 Å². The Hall–Kier alpha value is -1.22. The molecule has 0 aromatic heterocycles. The zero-order valence-electron chi connectivity index (χ0n) is 18.8. The van der Waals surface area contributed by atoms with Crippen LogP contribution in [-0.4, -0.2) is 64.6 Å². The van der Waals surface area contributed by atoms with E-state index in [0.29, 0.717) is 25.7 Å². The third-order valence-electron chi connectivity index (χ3n) is 5.52. The Morgan fingerprint density at radius 3 is 1.73 bits per heavy atom. The van der Waals surface area contributed by atoms with Crippen LogP contribution in [0.2, 0.25) is 0 Å². The molecule has 0 aromatic rings. The number of carbonyl (C=O) groups is 2. The van der Waals surface area contributed by atoms with Gasteiger partial charge in [0, 0.05) is 0 Å². The van der Waals surface area contributed by atoms with E-state index in [4.69, 9.17) is 14.2 Å². The highest BCUT2D eigenvalue weighted by Crippen LogP contribution is 2.26. The number of aliphatic hydroxyl groups is 3. The fourth-order valence-electron chi connectivity index (χ4n) is 3.86. The van der Waals surface area contributed by atoms with Crippen molar-refractivity contribution < 1.29 is 39.1 Å². The molecule has 3 N–H and O–H groups in total. The fourth-order valence-corrected chi connectivity index (χ4v) is 3.86. The summed E-state index contributed by atoms with van der Waals surface area (Å²) in [6.07, 6.45) is -1.15. The van der Waals surface area contributed by atoms with Gasteiger partial charge in [0.1, 0.15) is 24.9 Å². The van der Waals surface area contributed by atoms with Crippen molar-refractivity contribution in [3.63, 3.8) is 0 Å². The smallest absolute Gasteiger partial charge is 0.309 e. The number of hydrogen-bond acceptors (Lipinski definition) is 8. The van der Waals surface area contributed by atoms with Gasteiger partial charge in [-0.3, -0.25) is 9.59 Å². The first kappa shape index (κ1) is 26.8. The first-order chi connectivity index (χ1) is 14.3. The van der Waals surface area contributed by atoms with E-state index in [1.807, 2.05) is 27.7 Å². The Morgan fingerprint density at radius 1 is 0.800 bits per heavy atom. The van der Waals surface area contributed by atoms with Gasteiger partial charge in [0.2, 0.25) is 0 Å². The molecule has 1 heterocycles. The van der Waals surface area contributed by atoms with Crippen molar-refractivity contribution in [2.45, 2.75) is 110 Å². The number of hydrogen-bond donors (Lipinski definition) is 3. The predicted octanol–water partition coefficient (Wildman–Crippen LogP) is 2.31. The molecule has 0 amide bonds. The van der Waals surface area contributed by atoms with Gasteiger partial charge in [0.15, 0.2) is 12.4 Å². The topological polar surface area (TPSA) is 123 Å². The zero-order valence-corrected chi connectivity index (χ0v) is 18.8. The van der Waals surface area contributed by atoms with E-state index in [2.05, 4.69) is 0 Å². The minimum atomic E-state index is -1.66. The lowest BCUT2D eigenvalue weighted by Gasteiger charge is -2.40. The highest BCUT2D eigenvalue weighted by Gasteiger charge is 2.47. The molecular formula is C22H40O8. The van der Waals surface area contributed by atoms with Gasteiger partial charge in [-0.2, -0.15) is 0 Å². The summed E-state index contributed by atoms with van der Waals surface area (Å²) in [5.74, 6) is -1.46. The summed E-state index contributed by atoms with van der Waals surface area (Å²) in [6.45, 7) is 7.62. The van der Waals surface area contributed by atoms with Crippen LogP contribution in [0, 0.1) is 11.8 Å². The van der Waals surface area contributed by atoms with Crippen molar-refractivity contribution in [3.8, 4) is 0 Å². The summed E-state index contributed by atoms with van der Waals surface area (Å²) < 4.78 is 15.9. The quantitative estimate of drug-likeness (QED) is 0.379. The number of ether oxygens (including phenoxy) is 3. The summed E-state index contributed by atoms with van der Waals surface area (Å²) in [4.78, 5) is 24.9. The molecule has 1 aliphatic heterocycles. The summed E-state index contributed by atoms with van der Waals surface area (Å²) in [5.41, 5.74) is 0. The molecule has 0 saturated carbocycles. The molecule has 0 aromatic carbocycles. The normalized spacial score (nSPS) is 26.8. The maximum atomic E-state index is 12.5. The van der Waals surface area contributed by atoms with Crippen molar-refractivity contribution >= 4 is 11.9 Å². The molecule has 1 unspecified atom stereocenters. The zero-order chi connectivity index (χ0) is 22.7. The second-order valence-corrected chi connectivity index (χ2v) is 8.13. The maximum Gasteiger partial charge on any atom is 0.309 e. The average Bonchev–Trinajstić information content (AvgIpc) is 2.72. The van der Waals surface area contributed by atoms with E-state index in [0.717, 1.165) is 25.7 Å². The lowest BCUT2D eigenvalue weighted by Crippen LogP contribution is -2.60. The molecule has 8 nitrogen and oxygen atoms in total. The van der Waals surface area contributed by atoms with Crippen LogP contribution in [0.15, 0.2) is 0 Å². The summed E-state index contributed by atoms with van der Waals surface area (Å²) in [5, 5.41) is 30.8. The number of aliphatic hydroxyl groups excluding tert-OH is 3. The molecule has 5 atom stereocenters. The van der Waals surface area contributed by atoms with Gasteiger partial charge in [-0.25, -0.2) is 0 Å². The maximum absolute atomic E-state index is 12.5. The van der Waals surface area contributed by atoms with Gasteiger partial charge >= 0.3 is 11.9 Å². The van der Waals surface area contributed by atoms with Crippen molar-refractivity contribution in [1.29, 1.82) is 0 Å². The Balaban J connectivity index is 2.77. The van der Waals surface area contributed by atoms with Gasteiger partial charge in [-0.05, 0) is 25.7 Å². The average molecular weight is 433 g/mol. The SMILES string of the molecule is CCCC(CCC)C(=O)OC[C@H]1OC(O)[C@H](O)[C@@H](OC(=O)C(CCC)CCC)[C@@H]1O. The first-order valence-electron chi connectivity index (χ1n) is 11.4. The van der Waals surface area contributed by atoms with E-state index in [1.54, 1.807) is 0 Å². The Bertz CT molecular complexity index is 499. The molecule has 1 aliphatic rings. The molecule has 30 heavy (non-hydrogen) atoms. The number of rotatable bonds is 13. The van der Waals surface area contributed by atoms with Crippen LogP contribution in [0.25, 0.3) is 0 Å². The summed E-state index contributed by atoms with van der Waals surface area (Å²) >= 11 is 0.